The molecule has 0 radical (unpaired) electrons. The number of rotatable bonds is 5. The van der Waals surface area contributed by atoms with Gasteiger partial charge in [0.1, 0.15) is 11.6 Å². The first-order valence-electron chi connectivity index (χ1n) is 7.12. The Morgan fingerprint density at radius 1 is 1.28 bits per heavy atom. The normalized spacial score (nSPS) is 11.5. The van der Waals surface area contributed by atoms with Crippen LogP contribution in [0, 0.1) is 10.1 Å². The lowest BCUT2D eigenvalue weighted by molar-refractivity contribution is -0.383. The van der Waals surface area contributed by atoms with E-state index >= 15 is 0 Å². The van der Waals surface area contributed by atoms with E-state index in [9.17, 15) is 15.3 Å². The maximum Gasteiger partial charge on any atom is 0.300 e. The summed E-state index contributed by atoms with van der Waals surface area (Å²) >= 11 is 0. The summed E-state index contributed by atoms with van der Waals surface area (Å²) in [5, 5.41) is 27.5. The van der Waals surface area contributed by atoms with Crippen LogP contribution < -0.4 is 10.2 Å². The van der Waals surface area contributed by atoms with Crippen molar-refractivity contribution in [3.8, 4) is 5.75 Å². The van der Waals surface area contributed by atoms with Crippen LogP contribution in [0.25, 0.3) is 11.0 Å². The first kappa shape index (κ1) is 16.3. The van der Waals surface area contributed by atoms with E-state index in [0.29, 0.717) is 12.2 Å². The minimum Gasteiger partial charge on any atom is -0.497 e. The summed E-state index contributed by atoms with van der Waals surface area (Å²) in [4.78, 5) is 14.7. The van der Waals surface area contributed by atoms with Crippen molar-refractivity contribution < 1.29 is 19.5 Å². The Balaban J connectivity index is 1.94. The van der Waals surface area contributed by atoms with Gasteiger partial charge >= 0.3 is 5.69 Å². The predicted molar refractivity (Wildman–Crippen MR) is 87.2 cm³/mol. The minimum atomic E-state index is -0.581. The van der Waals surface area contributed by atoms with Crippen molar-refractivity contribution in [2.24, 2.45) is 4.99 Å². The Morgan fingerprint density at radius 3 is 2.64 bits per heavy atom. The van der Waals surface area contributed by atoms with E-state index in [1.54, 1.807) is 19.2 Å². The number of aromatic nitrogens is 2. The predicted octanol–water partition coefficient (Wildman–Crippen LogP) is 2.39. The molecule has 128 valence electrons. The van der Waals surface area contributed by atoms with E-state index < -0.39 is 4.92 Å². The van der Waals surface area contributed by atoms with Crippen LogP contribution in [0.5, 0.6) is 5.75 Å². The molecule has 10 nitrogen and oxygen atoms in total. The number of nitro groups is 1. The van der Waals surface area contributed by atoms with E-state index in [4.69, 9.17) is 4.74 Å². The highest BCUT2D eigenvalue weighted by Gasteiger charge is 2.19. The van der Waals surface area contributed by atoms with Crippen LogP contribution in [-0.4, -0.2) is 33.4 Å². The quantitative estimate of drug-likeness (QED) is 0.312. The van der Waals surface area contributed by atoms with Gasteiger partial charge in [0, 0.05) is 12.5 Å². The fourth-order valence-corrected chi connectivity index (χ4v) is 2.26. The number of hydroxylamine groups is 1. The lowest BCUT2D eigenvalue weighted by Crippen LogP contribution is -2.21. The molecular formula is C15H13N5O5. The zero-order valence-corrected chi connectivity index (χ0v) is 13.0. The molecule has 0 unspecified atom stereocenters. The highest BCUT2D eigenvalue weighted by molar-refractivity contribution is 5.96. The van der Waals surface area contributed by atoms with Crippen molar-refractivity contribution in [1.82, 2.24) is 15.8 Å². The molecule has 2 aromatic carbocycles. The molecule has 0 atom stereocenters. The molecule has 3 aromatic rings. The summed E-state index contributed by atoms with van der Waals surface area (Å²) < 4.78 is 9.67. The molecule has 0 aliphatic rings. The van der Waals surface area contributed by atoms with Gasteiger partial charge in [-0.15, -0.1) is 0 Å². The van der Waals surface area contributed by atoms with Crippen molar-refractivity contribution in [3.63, 3.8) is 0 Å². The molecule has 0 saturated heterocycles. The zero-order valence-electron chi connectivity index (χ0n) is 13.0. The fourth-order valence-electron chi connectivity index (χ4n) is 2.26. The number of aliphatic imine (C=N–C) groups is 1. The number of benzene rings is 2. The Kier molecular flexibility index (Phi) is 4.53. The molecule has 0 bridgehead atoms. The zero-order chi connectivity index (χ0) is 17.8. The van der Waals surface area contributed by atoms with E-state index in [1.165, 1.54) is 12.1 Å². The molecule has 0 saturated carbocycles. The lowest BCUT2D eigenvalue weighted by Gasteiger charge is -2.06. The monoisotopic (exact) mass is 343 g/mol. The van der Waals surface area contributed by atoms with Gasteiger partial charge in [-0.2, -0.15) is 0 Å². The Labute approximate surface area is 140 Å². The third kappa shape index (κ3) is 3.38. The Bertz CT molecular complexity index is 935. The van der Waals surface area contributed by atoms with Crippen LogP contribution in [-0.2, 0) is 6.42 Å². The van der Waals surface area contributed by atoms with Gasteiger partial charge in [0.05, 0.1) is 17.7 Å². The maximum absolute atomic E-state index is 11.0. The molecule has 2 N–H and O–H groups in total. The van der Waals surface area contributed by atoms with E-state index in [0.717, 1.165) is 5.56 Å². The van der Waals surface area contributed by atoms with Gasteiger partial charge in [-0.3, -0.25) is 20.8 Å². The third-order valence-corrected chi connectivity index (χ3v) is 3.48. The number of nitrogens with zero attached hydrogens (tertiary/aromatic N) is 4. The number of non-ortho nitro benzene ring substituents is 1. The van der Waals surface area contributed by atoms with Crippen molar-refractivity contribution in [1.29, 1.82) is 0 Å². The van der Waals surface area contributed by atoms with Gasteiger partial charge in [0.2, 0.25) is 5.52 Å². The van der Waals surface area contributed by atoms with Gasteiger partial charge in [-0.25, -0.2) is 9.62 Å². The van der Waals surface area contributed by atoms with Crippen LogP contribution >= 0.6 is 0 Å². The summed E-state index contributed by atoms with van der Waals surface area (Å²) in [6.45, 7) is 0. The molecule has 1 aromatic heterocycles. The number of ether oxygens (including phenoxy) is 1. The molecule has 0 fully saturated rings. The van der Waals surface area contributed by atoms with E-state index in [1.807, 2.05) is 17.6 Å². The minimum absolute atomic E-state index is 0.00649. The standard InChI is InChI=1S/C15H13N5O5/c1-24-10-4-2-9(3-5-10)8-13(17-21)16-11-6-7-12(20(22)23)15-14(11)18-25-19-15/h2-7,21H,8H2,1H3,(H,16,17). The van der Waals surface area contributed by atoms with E-state index in [-0.39, 0.29) is 28.2 Å². The summed E-state index contributed by atoms with van der Waals surface area (Å²) in [5.74, 6) is 0.938. The summed E-state index contributed by atoms with van der Waals surface area (Å²) in [7, 11) is 1.57. The molecule has 3 rings (SSSR count). The number of hydrogen-bond donors (Lipinski definition) is 2. The number of nitro benzene ring substituents is 1. The Morgan fingerprint density at radius 2 is 2.00 bits per heavy atom. The van der Waals surface area contributed by atoms with Crippen molar-refractivity contribution >= 4 is 28.2 Å². The molecule has 0 spiro atoms. The van der Waals surface area contributed by atoms with Gasteiger partial charge in [0.15, 0.2) is 5.52 Å². The molecule has 25 heavy (non-hydrogen) atoms. The van der Waals surface area contributed by atoms with Crippen LogP contribution in [0.4, 0.5) is 11.4 Å². The molecular weight excluding hydrogens is 330 g/mol. The van der Waals surface area contributed by atoms with Gasteiger partial charge in [-0.05, 0) is 34.1 Å². The summed E-state index contributed by atoms with van der Waals surface area (Å²) in [5.41, 5.74) is 3.08. The van der Waals surface area contributed by atoms with Crippen LogP contribution in [0.3, 0.4) is 0 Å². The largest absolute Gasteiger partial charge is 0.497 e. The van der Waals surface area contributed by atoms with Crippen molar-refractivity contribution in [3.05, 3.63) is 52.1 Å². The number of fused-ring (bicyclic) bond motifs is 1. The second-order valence-electron chi connectivity index (χ2n) is 5.02. The van der Waals surface area contributed by atoms with Crippen molar-refractivity contribution in [2.45, 2.75) is 6.42 Å². The van der Waals surface area contributed by atoms with Gasteiger partial charge in [0.25, 0.3) is 0 Å². The van der Waals surface area contributed by atoms with Crippen LogP contribution in [0.1, 0.15) is 5.56 Å². The molecule has 0 aliphatic heterocycles. The highest BCUT2D eigenvalue weighted by Crippen LogP contribution is 2.30. The van der Waals surface area contributed by atoms with E-state index in [2.05, 4.69) is 19.9 Å². The number of amidine groups is 1. The topological polar surface area (TPSA) is 136 Å². The smallest absolute Gasteiger partial charge is 0.300 e. The first-order chi connectivity index (χ1) is 12.1. The lowest BCUT2D eigenvalue weighted by atomic mass is 10.1. The second-order valence-corrected chi connectivity index (χ2v) is 5.02. The second kappa shape index (κ2) is 6.93. The molecule has 0 amide bonds. The molecule has 0 aliphatic carbocycles. The molecule has 1 heterocycles. The van der Waals surface area contributed by atoms with Crippen LogP contribution in [0.2, 0.25) is 0 Å². The van der Waals surface area contributed by atoms with Crippen LogP contribution in [0.15, 0.2) is 46.0 Å². The Hall–Kier alpha value is -3.53. The molecule has 10 heteroatoms. The van der Waals surface area contributed by atoms with Gasteiger partial charge < -0.3 is 4.74 Å². The average molecular weight is 343 g/mol. The van der Waals surface area contributed by atoms with Gasteiger partial charge in [-0.1, -0.05) is 12.1 Å². The summed E-state index contributed by atoms with van der Waals surface area (Å²) in [6.07, 6.45) is 0.296. The maximum atomic E-state index is 11.0. The number of hydrogen-bond acceptors (Lipinski definition) is 8. The van der Waals surface area contributed by atoms with Crippen molar-refractivity contribution in [2.75, 3.05) is 7.11 Å². The fraction of sp³-hybridized carbons (Fsp3) is 0.133. The SMILES string of the molecule is COc1ccc(CC(=Nc2ccc([N+](=O)[O-])c3nonc23)NO)cc1. The number of nitrogens with one attached hydrogen (secondary N) is 1. The summed E-state index contributed by atoms with van der Waals surface area (Å²) in [6, 6.07) is 9.90. The highest BCUT2D eigenvalue weighted by atomic mass is 16.6. The number of methoxy groups -OCH3 is 1. The third-order valence-electron chi connectivity index (χ3n) is 3.48. The average Bonchev–Trinajstić information content (AvgIpc) is 3.11. The first-order valence-corrected chi connectivity index (χ1v) is 7.12.